The lowest BCUT2D eigenvalue weighted by Gasteiger charge is -2.26. The lowest BCUT2D eigenvalue weighted by molar-refractivity contribution is 0.0408. The van der Waals surface area contributed by atoms with E-state index < -0.39 is 14.4 Å². The number of sulfone groups is 1. The lowest BCUT2D eigenvalue weighted by Crippen LogP contribution is -2.39. The average Bonchev–Trinajstić information content (AvgIpc) is 2.16. The summed E-state index contributed by atoms with van der Waals surface area (Å²) in [4.78, 5) is 2.11. The standard InChI is InChI=1S/C8H17NO3S2/c1-8(13)14(10,11)7-4-9-2-5-12-6-3-9/h8,13H,2-7H2,1H3. The lowest BCUT2D eigenvalue weighted by atomic mass is 10.4. The summed E-state index contributed by atoms with van der Waals surface area (Å²) in [6.45, 7) is 5.26. The molecule has 0 spiro atoms. The second-order valence-corrected chi connectivity index (χ2v) is 6.99. The van der Waals surface area contributed by atoms with Crippen molar-refractivity contribution in [2.24, 2.45) is 0 Å². The van der Waals surface area contributed by atoms with Gasteiger partial charge >= 0.3 is 0 Å². The van der Waals surface area contributed by atoms with E-state index in [2.05, 4.69) is 17.5 Å². The maximum absolute atomic E-state index is 11.4. The van der Waals surface area contributed by atoms with Gasteiger partial charge in [0, 0.05) is 19.6 Å². The zero-order valence-corrected chi connectivity index (χ0v) is 10.1. The van der Waals surface area contributed by atoms with Gasteiger partial charge in [-0.1, -0.05) is 0 Å². The van der Waals surface area contributed by atoms with Gasteiger partial charge in [-0.2, -0.15) is 12.6 Å². The van der Waals surface area contributed by atoms with Crippen LogP contribution < -0.4 is 0 Å². The third-order valence-electron chi connectivity index (χ3n) is 2.32. The predicted octanol–water partition coefficient (Wildman–Crippen LogP) is 0.00920. The molecule has 1 unspecified atom stereocenters. The second-order valence-electron chi connectivity index (χ2n) is 3.42. The molecule has 0 saturated carbocycles. The number of rotatable bonds is 4. The minimum atomic E-state index is -3.02. The molecule has 1 atom stereocenters. The molecule has 84 valence electrons. The van der Waals surface area contributed by atoms with Crippen molar-refractivity contribution in [3.05, 3.63) is 0 Å². The third kappa shape index (κ3) is 3.76. The molecule has 0 aromatic carbocycles. The normalized spacial score (nSPS) is 22.1. The highest BCUT2D eigenvalue weighted by atomic mass is 32.2. The van der Waals surface area contributed by atoms with Gasteiger partial charge in [-0.15, -0.1) is 0 Å². The average molecular weight is 239 g/mol. The van der Waals surface area contributed by atoms with E-state index in [4.69, 9.17) is 4.74 Å². The van der Waals surface area contributed by atoms with Crippen LogP contribution in [0.4, 0.5) is 0 Å². The Morgan fingerprint density at radius 1 is 1.43 bits per heavy atom. The van der Waals surface area contributed by atoms with Crippen LogP contribution in [-0.4, -0.2) is 56.5 Å². The molecule has 1 fully saturated rings. The summed E-state index contributed by atoms with van der Waals surface area (Å²) in [6, 6.07) is 0. The molecule has 1 aliphatic rings. The second kappa shape index (κ2) is 5.34. The van der Waals surface area contributed by atoms with Gasteiger partial charge in [0.15, 0.2) is 9.84 Å². The molecule has 1 aliphatic heterocycles. The quantitative estimate of drug-likeness (QED) is 0.702. The van der Waals surface area contributed by atoms with Gasteiger partial charge < -0.3 is 4.74 Å². The Morgan fingerprint density at radius 2 is 2.00 bits per heavy atom. The van der Waals surface area contributed by atoms with E-state index in [1.54, 1.807) is 6.92 Å². The van der Waals surface area contributed by atoms with E-state index in [1.807, 2.05) is 0 Å². The molecule has 1 saturated heterocycles. The number of morpholine rings is 1. The van der Waals surface area contributed by atoms with Gasteiger partial charge in [0.05, 0.1) is 19.0 Å². The smallest absolute Gasteiger partial charge is 0.163 e. The van der Waals surface area contributed by atoms with Crippen molar-refractivity contribution in [3.63, 3.8) is 0 Å². The summed E-state index contributed by atoms with van der Waals surface area (Å²) in [5.41, 5.74) is 0. The molecule has 4 nitrogen and oxygen atoms in total. The molecule has 0 bridgehead atoms. The van der Waals surface area contributed by atoms with Crippen molar-refractivity contribution in [1.82, 2.24) is 4.90 Å². The van der Waals surface area contributed by atoms with Crippen LogP contribution in [0.15, 0.2) is 0 Å². The molecule has 6 heteroatoms. The number of nitrogens with zero attached hydrogens (tertiary/aromatic N) is 1. The highest BCUT2D eigenvalue weighted by molar-refractivity contribution is 8.04. The van der Waals surface area contributed by atoms with E-state index in [1.165, 1.54) is 0 Å². The molecular weight excluding hydrogens is 222 g/mol. The minimum Gasteiger partial charge on any atom is -0.379 e. The highest BCUT2D eigenvalue weighted by Gasteiger charge is 2.19. The van der Waals surface area contributed by atoms with Gasteiger partial charge in [0.2, 0.25) is 0 Å². The molecular formula is C8H17NO3S2. The molecule has 0 aliphatic carbocycles. The molecule has 0 aromatic rings. The zero-order chi connectivity index (χ0) is 10.6. The van der Waals surface area contributed by atoms with Crippen molar-refractivity contribution in [2.45, 2.75) is 11.5 Å². The SMILES string of the molecule is CC(S)S(=O)(=O)CCN1CCOCC1. The van der Waals surface area contributed by atoms with E-state index in [-0.39, 0.29) is 5.75 Å². The van der Waals surface area contributed by atoms with Gasteiger partial charge in [-0.25, -0.2) is 8.42 Å². The molecule has 1 rings (SSSR count). The molecule has 0 N–H and O–H groups in total. The number of ether oxygens (including phenoxy) is 1. The van der Waals surface area contributed by atoms with Crippen molar-refractivity contribution < 1.29 is 13.2 Å². The summed E-state index contributed by atoms with van der Waals surface area (Å²) >= 11 is 3.95. The van der Waals surface area contributed by atoms with E-state index in [0.29, 0.717) is 19.8 Å². The molecule has 14 heavy (non-hydrogen) atoms. The summed E-state index contributed by atoms with van der Waals surface area (Å²) in [5, 5.41) is 0. The van der Waals surface area contributed by atoms with Crippen LogP contribution in [0.25, 0.3) is 0 Å². The Bertz CT molecular complexity index is 258. The van der Waals surface area contributed by atoms with Crippen molar-refractivity contribution in [2.75, 3.05) is 38.6 Å². The predicted molar refractivity (Wildman–Crippen MR) is 59.5 cm³/mol. The minimum absolute atomic E-state index is 0.192. The topological polar surface area (TPSA) is 46.6 Å². The Balaban J connectivity index is 2.32. The molecule has 0 radical (unpaired) electrons. The largest absolute Gasteiger partial charge is 0.379 e. The number of hydrogen-bond donors (Lipinski definition) is 1. The Kier molecular flexibility index (Phi) is 4.69. The van der Waals surface area contributed by atoms with Crippen LogP contribution >= 0.6 is 12.6 Å². The van der Waals surface area contributed by atoms with Gasteiger partial charge in [-0.3, -0.25) is 4.90 Å². The van der Waals surface area contributed by atoms with Gasteiger partial charge in [0.1, 0.15) is 4.58 Å². The maximum atomic E-state index is 11.4. The monoisotopic (exact) mass is 239 g/mol. The Morgan fingerprint density at radius 3 is 2.50 bits per heavy atom. The fourth-order valence-electron chi connectivity index (χ4n) is 1.25. The third-order valence-corrected chi connectivity index (χ3v) is 5.07. The van der Waals surface area contributed by atoms with Crippen LogP contribution in [0.1, 0.15) is 6.92 Å². The first-order valence-corrected chi connectivity index (χ1v) is 6.95. The van der Waals surface area contributed by atoms with Crippen molar-refractivity contribution in [1.29, 1.82) is 0 Å². The highest BCUT2D eigenvalue weighted by Crippen LogP contribution is 2.06. The zero-order valence-electron chi connectivity index (χ0n) is 8.35. The van der Waals surface area contributed by atoms with E-state index in [0.717, 1.165) is 13.1 Å². The summed E-state index contributed by atoms with van der Waals surface area (Å²) in [5.74, 6) is 0.192. The first-order valence-electron chi connectivity index (χ1n) is 4.72. The first-order chi connectivity index (χ1) is 6.52. The van der Waals surface area contributed by atoms with E-state index in [9.17, 15) is 8.42 Å². The molecule has 1 heterocycles. The van der Waals surface area contributed by atoms with Gasteiger partial charge in [0.25, 0.3) is 0 Å². The van der Waals surface area contributed by atoms with Crippen LogP contribution in [0.2, 0.25) is 0 Å². The van der Waals surface area contributed by atoms with Crippen LogP contribution in [0.5, 0.6) is 0 Å². The van der Waals surface area contributed by atoms with Crippen LogP contribution in [0, 0.1) is 0 Å². The fourth-order valence-corrected chi connectivity index (χ4v) is 2.42. The summed E-state index contributed by atoms with van der Waals surface area (Å²) in [7, 11) is -3.02. The van der Waals surface area contributed by atoms with Crippen LogP contribution in [-0.2, 0) is 14.6 Å². The molecule has 0 aromatic heterocycles. The maximum Gasteiger partial charge on any atom is 0.163 e. The van der Waals surface area contributed by atoms with Crippen molar-refractivity contribution in [3.8, 4) is 0 Å². The number of thiol groups is 1. The fraction of sp³-hybridized carbons (Fsp3) is 1.00. The molecule has 0 amide bonds. The summed E-state index contributed by atoms with van der Waals surface area (Å²) in [6.07, 6.45) is 0. The van der Waals surface area contributed by atoms with E-state index >= 15 is 0 Å². The van der Waals surface area contributed by atoms with Gasteiger partial charge in [-0.05, 0) is 6.92 Å². The number of hydrogen-bond acceptors (Lipinski definition) is 5. The van der Waals surface area contributed by atoms with Crippen molar-refractivity contribution >= 4 is 22.5 Å². The Hall–Kier alpha value is 0.220. The first kappa shape index (κ1) is 12.3. The Labute approximate surface area is 90.9 Å². The van der Waals surface area contributed by atoms with Crippen LogP contribution in [0.3, 0.4) is 0 Å². The summed E-state index contributed by atoms with van der Waals surface area (Å²) < 4.78 is 27.5.